The highest BCUT2D eigenvalue weighted by Crippen LogP contribution is 2.24. The molecule has 27 heavy (non-hydrogen) atoms. The maximum Gasteiger partial charge on any atom is 0.244 e. The van der Waals surface area contributed by atoms with Crippen LogP contribution < -0.4 is 14.2 Å². The number of hydrogen-bond donors (Lipinski definition) is 1. The van der Waals surface area contributed by atoms with Crippen LogP contribution in [0, 0.1) is 5.82 Å². The van der Waals surface area contributed by atoms with Crippen LogP contribution in [0.25, 0.3) is 0 Å². The smallest absolute Gasteiger partial charge is 0.244 e. The number of ether oxygens (including phenoxy) is 2. The van der Waals surface area contributed by atoms with Crippen molar-refractivity contribution in [3.05, 3.63) is 84.2 Å². The molecule has 0 amide bonds. The Morgan fingerprint density at radius 2 is 1.67 bits per heavy atom. The van der Waals surface area contributed by atoms with Crippen LogP contribution in [0.4, 0.5) is 4.39 Å². The van der Waals surface area contributed by atoms with Gasteiger partial charge >= 0.3 is 0 Å². The van der Waals surface area contributed by atoms with Crippen LogP contribution in [-0.4, -0.2) is 15.5 Å². The van der Waals surface area contributed by atoms with E-state index in [1.807, 2.05) is 0 Å². The first-order valence-corrected chi connectivity index (χ1v) is 9.61. The fraction of sp³-hybridized carbons (Fsp3) is 0.100. The first-order chi connectivity index (χ1) is 13.0. The van der Waals surface area contributed by atoms with Crippen LogP contribution in [0.2, 0.25) is 0 Å². The summed E-state index contributed by atoms with van der Waals surface area (Å²) >= 11 is 0. The van der Waals surface area contributed by atoms with Crippen molar-refractivity contribution in [1.29, 1.82) is 0 Å². The van der Waals surface area contributed by atoms with Gasteiger partial charge in [0.1, 0.15) is 28.0 Å². The monoisotopic (exact) mass is 387 g/mol. The van der Waals surface area contributed by atoms with E-state index in [9.17, 15) is 12.8 Å². The number of para-hydroxylation sites is 1. The number of hydrogen-bond acceptors (Lipinski definition) is 4. The summed E-state index contributed by atoms with van der Waals surface area (Å²) in [6, 6.07) is 19.0. The van der Waals surface area contributed by atoms with Crippen molar-refractivity contribution in [1.82, 2.24) is 4.72 Å². The van der Waals surface area contributed by atoms with Crippen LogP contribution in [0.15, 0.2) is 77.7 Å². The minimum atomic E-state index is -3.74. The summed E-state index contributed by atoms with van der Waals surface area (Å²) in [6.07, 6.45) is 0. The second kappa shape index (κ2) is 8.20. The van der Waals surface area contributed by atoms with Gasteiger partial charge in [0.15, 0.2) is 0 Å². The van der Waals surface area contributed by atoms with Gasteiger partial charge in [-0.15, -0.1) is 0 Å². The van der Waals surface area contributed by atoms with E-state index in [0.29, 0.717) is 17.1 Å². The number of nitrogens with one attached hydrogen (secondary N) is 1. The minimum absolute atomic E-state index is 0.0752. The maximum atomic E-state index is 13.0. The molecule has 0 saturated carbocycles. The second-order valence-corrected chi connectivity index (χ2v) is 7.41. The van der Waals surface area contributed by atoms with Gasteiger partial charge in [-0.05, 0) is 54.1 Å². The van der Waals surface area contributed by atoms with Gasteiger partial charge in [-0.25, -0.2) is 17.5 Å². The van der Waals surface area contributed by atoms with Crippen LogP contribution in [-0.2, 0) is 16.6 Å². The molecule has 0 unspecified atom stereocenters. The minimum Gasteiger partial charge on any atom is -0.495 e. The molecule has 0 heterocycles. The topological polar surface area (TPSA) is 64.6 Å². The molecule has 0 saturated heterocycles. The van der Waals surface area contributed by atoms with E-state index < -0.39 is 10.0 Å². The van der Waals surface area contributed by atoms with Gasteiger partial charge in [0.2, 0.25) is 10.0 Å². The highest BCUT2D eigenvalue weighted by atomic mass is 32.2. The van der Waals surface area contributed by atoms with E-state index in [0.717, 1.165) is 0 Å². The molecule has 0 aliphatic carbocycles. The molecule has 0 atom stereocenters. The van der Waals surface area contributed by atoms with Crippen molar-refractivity contribution in [2.45, 2.75) is 11.4 Å². The zero-order valence-corrected chi connectivity index (χ0v) is 15.4. The lowest BCUT2D eigenvalue weighted by Crippen LogP contribution is -2.23. The molecule has 140 valence electrons. The Kier molecular flexibility index (Phi) is 5.73. The Labute approximate surface area is 157 Å². The summed E-state index contributed by atoms with van der Waals surface area (Å²) in [5, 5.41) is 0. The van der Waals surface area contributed by atoms with Gasteiger partial charge in [0.25, 0.3) is 0 Å². The standard InChI is InChI=1S/C20H18FNO4S/c1-25-19-7-2-3-8-20(19)27(23,24)22-14-15-5-4-6-18(13-15)26-17-11-9-16(21)10-12-17/h2-13,22H,14H2,1H3. The molecule has 0 bridgehead atoms. The van der Waals surface area contributed by atoms with Crippen molar-refractivity contribution in [2.24, 2.45) is 0 Å². The van der Waals surface area contributed by atoms with E-state index in [-0.39, 0.29) is 23.0 Å². The number of methoxy groups -OCH3 is 1. The number of rotatable bonds is 7. The molecule has 3 rings (SSSR count). The van der Waals surface area contributed by atoms with E-state index in [1.54, 1.807) is 42.5 Å². The highest BCUT2D eigenvalue weighted by molar-refractivity contribution is 7.89. The summed E-state index contributed by atoms with van der Waals surface area (Å²) < 4.78 is 51.4. The molecule has 0 fully saturated rings. The summed E-state index contributed by atoms with van der Waals surface area (Å²) in [6.45, 7) is 0.0843. The quantitative estimate of drug-likeness (QED) is 0.663. The van der Waals surface area contributed by atoms with Crippen LogP contribution in [0.3, 0.4) is 0 Å². The molecule has 0 aliphatic rings. The van der Waals surface area contributed by atoms with Gasteiger partial charge in [-0.2, -0.15) is 0 Å². The predicted molar refractivity (Wildman–Crippen MR) is 99.9 cm³/mol. The van der Waals surface area contributed by atoms with Crippen molar-refractivity contribution >= 4 is 10.0 Å². The third kappa shape index (κ3) is 4.84. The van der Waals surface area contributed by atoms with Gasteiger partial charge in [-0.3, -0.25) is 0 Å². The average Bonchev–Trinajstić information content (AvgIpc) is 2.68. The van der Waals surface area contributed by atoms with Crippen molar-refractivity contribution in [2.75, 3.05) is 7.11 Å². The maximum absolute atomic E-state index is 13.0. The average molecular weight is 387 g/mol. The van der Waals surface area contributed by atoms with Crippen LogP contribution in [0.1, 0.15) is 5.56 Å². The fourth-order valence-corrected chi connectivity index (χ4v) is 3.64. The zero-order valence-electron chi connectivity index (χ0n) is 14.6. The number of benzene rings is 3. The van der Waals surface area contributed by atoms with E-state index in [1.165, 1.54) is 37.4 Å². The van der Waals surface area contributed by atoms with Crippen molar-refractivity contribution in [3.63, 3.8) is 0 Å². The summed E-state index contributed by atoms with van der Waals surface area (Å²) in [7, 11) is -2.31. The lowest BCUT2D eigenvalue weighted by molar-refractivity contribution is 0.402. The normalized spacial score (nSPS) is 11.2. The fourth-order valence-electron chi connectivity index (χ4n) is 2.45. The second-order valence-electron chi connectivity index (χ2n) is 5.68. The molecular weight excluding hydrogens is 369 g/mol. The summed E-state index contributed by atoms with van der Waals surface area (Å²) in [4.78, 5) is 0.0752. The summed E-state index contributed by atoms with van der Waals surface area (Å²) in [5.74, 6) is 0.944. The van der Waals surface area contributed by atoms with E-state index in [4.69, 9.17) is 9.47 Å². The molecule has 3 aromatic carbocycles. The summed E-state index contributed by atoms with van der Waals surface area (Å²) in [5.41, 5.74) is 0.716. The third-order valence-electron chi connectivity index (χ3n) is 3.77. The molecule has 1 N–H and O–H groups in total. The molecule has 7 heteroatoms. The lowest BCUT2D eigenvalue weighted by Gasteiger charge is -2.11. The molecule has 0 spiro atoms. The molecule has 5 nitrogen and oxygen atoms in total. The number of sulfonamides is 1. The van der Waals surface area contributed by atoms with Crippen molar-refractivity contribution in [3.8, 4) is 17.2 Å². The number of halogens is 1. The Hall–Kier alpha value is -2.90. The highest BCUT2D eigenvalue weighted by Gasteiger charge is 2.18. The first-order valence-electron chi connectivity index (χ1n) is 8.13. The molecular formula is C20H18FNO4S. The van der Waals surface area contributed by atoms with Crippen LogP contribution >= 0.6 is 0 Å². The Balaban J connectivity index is 1.72. The van der Waals surface area contributed by atoms with E-state index >= 15 is 0 Å². The van der Waals surface area contributed by atoms with E-state index in [2.05, 4.69) is 4.72 Å². The Morgan fingerprint density at radius 3 is 2.41 bits per heavy atom. The predicted octanol–water partition coefficient (Wildman–Crippen LogP) is 4.11. The Morgan fingerprint density at radius 1 is 0.926 bits per heavy atom. The molecule has 0 aliphatic heterocycles. The Bertz CT molecular complexity index is 1020. The third-order valence-corrected chi connectivity index (χ3v) is 5.21. The zero-order chi connectivity index (χ0) is 19.3. The largest absolute Gasteiger partial charge is 0.495 e. The van der Waals surface area contributed by atoms with Gasteiger partial charge in [0, 0.05) is 6.54 Å². The molecule has 0 aromatic heterocycles. The first kappa shape index (κ1) is 18.9. The van der Waals surface area contributed by atoms with Crippen molar-refractivity contribution < 1.29 is 22.3 Å². The van der Waals surface area contributed by atoms with Gasteiger partial charge in [0.05, 0.1) is 7.11 Å². The van der Waals surface area contributed by atoms with Crippen LogP contribution in [0.5, 0.6) is 17.2 Å². The SMILES string of the molecule is COc1ccccc1S(=O)(=O)NCc1cccc(Oc2ccc(F)cc2)c1. The molecule has 0 radical (unpaired) electrons. The van der Waals surface area contributed by atoms with Gasteiger partial charge in [-0.1, -0.05) is 24.3 Å². The molecule has 3 aromatic rings. The van der Waals surface area contributed by atoms with Gasteiger partial charge < -0.3 is 9.47 Å². The lowest BCUT2D eigenvalue weighted by atomic mass is 10.2.